The summed E-state index contributed by atoms with van der Waals surface area (Å²) in [6.07, 6.45) is 10.0. The van der Waals surface area contributed by atoms with Crippen LogP contribution in [0.3, 0.4) is 0 Å². The molecule has 38 heavy (non-hydrogen) atoms. The van der Waals surface area contributed by atoms with E-state index in [-0.39, 0.29) is 52.2 Å². The van der Waals surface area contributed by atoms with E-state index in [1.165, 1.54) is 0 Å². The first kappa shape index (κ1) is 28.7. The van der Waals surface area contributed by atoms with Gasteiger partial charge in [-0.1, -0.05) is 6.08 Å². The predicted molar refractivity (Wildman–Crippen MR) is 147 cm³/mol. The number of rotatable bonds is 5. The molecule has 0 radical (unpaired) electrons. The number of hydrogen-bond donors (Lipinski definition) is 2. The number of hydrogen-bond acceptors (Lipinski definition) is 8. The Morgan fingerprint density at radius 1 is 0.789 bits per heavy atom. The lowest BCUT2D eigenvalue weighted by molar-refractivity contribution is -0.158. The molecule has 0 amide bonds. The molecule has 210 valence electrons. The number of allylic oxidation sites excluding steroid dienone is 2. The maximum Gasteiger partial charge on any atom is 0.341 e. The SMILES string of the molecule is CC1(C)CC(OC(=O)c2cnc(C3=CCC(C(=O)OC4CC(C)(C)NC(C)(C)C4)CC3)nc2)CC(C)(C)N1. The lowest BCUT2D eigenvalue weighted by atomic mass is 9.81. The minimum absolute atomic E-state index is 0.0664. The van der Waals surface area contributed by atoms with Crippen molar-refractivity contribution in [3.05, 3.63) is 29.9 Å². The van der Waals surface area contributed by atoms with Crippen molar-refractivity contribution >= 4 is 17.5 Å². The van der Waals surface area contributed by atoms with Gasteiger partial charge in [0.15, 0.2) is 5.82 Å². The van der Waals surface area contributed by atoms with Crippen LogP contribution in [0.2, 0.25) is 0 Å². The lowest BCUT2D eigenvalue weighted by Crippen LogP contribution is -2.59. The molecule has 3 aliphatic rings. The second-order valence-electron chi connectivity index (χ2n) is 14.2. The van der Waals surface area contributed by atoms with Crippen LogP contribution in [0.4, 0.5) is 0 Å². The highest BCUT2D eigenvalue weighted by molar-refractivity contribution is 5.89. The summed E-state index contributed by atoms with van der Waals surface area (Å²) in [7, 11) is 0. The van der Waals surface area contributed by atoms with Gasteiger partial charge in [-0.2, -0.15) is 0 Å². The van der Waals surface area contributed by atoms with Crippen molar-refractivity contribution in [1.82, 2.24) is 20.6 Å². The molecular formula is C30H46N4O4. The zero-order chi connectivity index (χ0) is 27.9. The summed E-state index contributed by atoms with van der Waals surface area (Å²) in [5.41, 5.74) is 1.01. The molecule has 4 rings (SSSR count). The number of carbonyl (C=O) groups is 2. The molecule has 8 nitrogen and oxygen atoms in total. The number of nitrogens with one attached hydrogen (secondary N) is 2. The second kappa shape index (κ2) is 10.3. The van der Waals surface area contributed by atoms with Gasteiger partial charge in [0.2, 0.25) is 0 Å². The van der Waals surface area contributed by atoms with Crippen molar-refractivity contribution in [2.45, 2.75) is 135 Å². The van der Waals surface area contributed by atoms with E-state index in [9.17, 15) is 9.59 Å². The molecule has 3 heterocycles. The summed E-state index contributed by atoms with van der Waals surface area (Å²) in [6, 6.07) is 0. The Kier molecular flexibility index (Phi) is 7.80. The fourth-order valence-corrected chi connectivity index (χ4v) is 6.95. The highest BCUT2D eigenvalue weighted by atomic mass is 16.5. The Hall–Kier alpha value is -2.32. The zero-order valence-electron chi connectivity index (χ0n) is 24.4. The van der Waals surface area contributed by atoms with Gasteiger partial charge in [0.1, 0.15) is 12.2 Å². The minimum atomic E-state index is -0.389. The van der Waals surface area contributed by atoms with E-state index in [2.05, 4.69) is 76.0 Å². The summed E-state index contributed by atoms with van der Waals surface area (Å²) in [6.45, 7) is 17.1. The highest BCUT2D eigenvalue weighted by Crippen LogP contribution is 2.34. The molecule has 1 atom stereocenters. The third kappa shape index (κ3) is 7.41. The van der Waals surface area contributed by atoms with E-state index in [1.807, 2.05) is 6.08 Å². The van der Waals surface area contributed by atoms with Crippen molar-refractivity contribution in [2.75, 3.05) is 0 Å². The van der Waals surface area contributed by atoms with Gasteiger partial charge >= 0.3 is 11.9 Å². The topological polar surface area (TPSA) is 102 Å². The molecule has 8 heteroatoms. The monoisotopic (exact) mass is 526 g/mol. The molecule has 0 bridgehead atoms. The first-order chi connectivity index (χ1) is 17.5. The first-order valence-corrected chi connectivity index (χ1v) is 14.0. The Morgan fingerprint density at radius 3 is 1.71 bits per heavy atom. The van der Waals surface area contributed by atoms with E-state index >= 15 is 0 Å². The van der Waals surface area contributed by atoms with Crippen molar-refractivity contribution in [3.8, 4) is 0 Å². The molecule has 0 aromatic carbocycles. The molecule has 1 aliphatic carbocycles. The summed E-state index contributed by atoms with van der Waals surface area (Å²) < 4.78 is 11.8. The van der Waals surface area contributed by atoms with E-state index in [1.54, 1.807) is 12.4 Å². The van der Waals surface area contributed by atoms with Crippen LogP contribution >= 0.6 is 0 Å². The number of piperidine rings is 2. The third-order valence-corrected chi connectivity index (χ3v) is 7.78. The average molecular weight is 527 g/mol. The fourth-order valence-electron chi connectivity index (χ4n) is 6.95. The molecular weight excluding hydrogens is 480 g/mol. The van der Waals surface area contributed by atoms with Crippen LogP contribution in [0.25, 0.3) is 5.57 Å². The Labute approximate surface area is 227 Å². The maximum absolute atomic E-state index is 12.9. The third-order valence-electron chi connectivity index (χ3n) is 7.78. The number of esters is 2. The van der Waals surface area contributed by atoms with Crippen molar-refractivity contribution in [2.24, 2.45) is 5.92 Å². The van der Waals surface area contributed by atoms with Gasteiger partial charge in [-0.3, -0.25) is 4.79 Å². The molecule has 2 saturated heterocycles. The highest BCUT2D eigenvalue weighted by Gasteiger charge is 2.41. The predicted octanol–water partition coefficient (Wildman–Crippen LogP) is 4.98. The largest absolute Gasteiger partial charge is 0.462 e. The van der Waals surface area contributed by atoms with Gasteiger partial charge in [0.05, 0.1) is 11.5 Å². The molecule has 2 N–H and O–H groups in total. The first-order valence-electron chi connectivity index (χ1n) is 14.0. The zero-order valence-corrected chi connectivity index (χ0v) is 24.4. The standard InChI is InChI=1S/C30H46N4O4/c1-27(2)13-22(14-28(3,4)33-27)37-25(35)20-11-9-19(10-12-20)24-31-17-21(18-32-24)26(36)38-23-15-29(5,6)34-30(7,8)16-23/h9,17-18,20,22-23,33-34H,10-16H2,1-8H3. The van der Waals surface area contributed by atoms with Crippen LogP contribution in [-0.4, -0.2) is 56.3 Å². The summed E-state index contributed by atoms with van der Waals surface area (Å²) in [5.74, 6) is -0.0474. The molecule has 2 aliphatic heterocycles. The fraction of sp³-hybridized carbons (Fsp3) is 0.733. The minimum Gasteiger partial charge on any atom is -0.462 e. The van der Waals surface area contributed by atoms with E-state index in [0.29, 0.717) is 30.7 Å². The number of aromatic nitrogens is 2. The molecule has 1 aromatic heterocycles. The van der Waals surface area contributed by atoms with Crippen molar-refractivity contribution in [3.63, 3.8) is 0 Å². The summed E-state index contributed by atoms with van der Waals surface area (Å²) >= 11 is 0. The number of carbonyl (C=O) groups excluding carboxylic acids is 2. The molecule has 1 aromatic rings. The maximum atomic E-state index is 12.9. The van der Waals surface area contributed by atoms with Crippen LogP contribution in [0.15, 0.2) is 18.5 Å². The van der Waals surface area contributed by atoms with E-state index in [0.717, 1.165) is 31.3 Å². The lowest BCUT2D eigenvalue weighted by Gasteiger charge is -2.46. The van der Waals surface area contributed by atoms with Gasteiger partial charge in [-0.15, -0.1) is 0 Å². The average Bonchev–Trinajstić information content (AvgIpc) is 2.75. The van der Waals surface area contributed by atoms with Gasteiger partial charge in [0, 0.05) is 60.2 Å². The molecule has 2 fully saturated rings. The van der Waals surface area contributed by atoms with Crippen molar-refractivity contribution < 1.29 is 19.1 Å². The van der Waals surface area contributed by atoms with Gasteiger partial charge in [-0.05, 0) is 80.2 Å². The normalized spacial score (nSPS) is 26.7. The van der Waals surface area contributed by atoms with E-state index < -0.39 is 0 Å². The van der Waals surface area contributed by atoms with Gasteiger partial charge < -0.3 is 20.1 Å². The Bertz CT molecular complexity index is 1040. The smallest absolute Gasteiger partial charge is 0.341 e. The Balaban J connectivity index is 1.31. The number of ether oxygens (including phenoxy) is 2. The summed E-state index contributed by atoms with van der Waals surface area (Å²) in [4.78, 5) is 34.6. The quantitative estimate of drug-likeness (QED) is 0.518. The number of nitrogens with zero attached hydrogens (tertiary/aromatic N) is 2. The van der Waals surface area contributed by atoms with Crippen LogP contribution in [-0.2, 0) is 14.3 Å². The molecule has 0 saturated carbocycles. The molecule has 1 unspecified atom stereocenters. The van der Waals surface area contributed by atoms with Crippen LogP contribution in [0, 0.1) is 5.92 Å². The summed E-state index contributed by atoms with van der Waals surface area (Å²) in [5, 5.41) is 7.23. The molecule has 0 spiro atoms. The van der Waals surface area contributed by atoms with Gasteiger partial charge in [0.25, 0.3) is 0 Å². The van der Waals surface area contributed by atoms with Gasteiger partial charge in [-0.25, -0.2) is 14.8 Å². The van der Waals surface area contributed by atoms with Crippen LogP contribution in [0.5, 0.6) is 0 Å². The Morgan fingerprint density at radius 2 is 1.26 bits per heavy atom. The van der Waals surface area contributed by atoms with Crippen LogP contribution in [0.1, 0.15) is 117 Å². The van der Waals surface area contributed by atoms with E-state index in [4.69, 9.17) is 9.47 Å². The van der Waals surface area contributed by atoms with Crippen molar-refractivity contribution in [1.29, 1.82) is 0 Å². The second-order valence-corrected chi connectivity index (χ2v) is 14.2. The van der Waals surface area contributed by atoms with Crippen LogP contribution < -0.4 is 10.6 Å².